The van der Waals surface area contributed by atoms with Crippen molar-refractivity contribution < 1.29 is 19.4 Å². The Kier molecular flexibility index (Phi) is 7.76. The minimum absolute atomic E-state index is 0.0481. The summed E-state index contributed by atoms with van der Waals surface area (Å²) in [5.74, 6) is 3.42. The molecule has 1 heterocycles. The first-order valence-corrected chi connectivity index (χ1v) is 10.0. The van der Waals surface area contributed by atoms with Gasteiger partial charge in [-0.25, -0.2) is 4.79 Å². The molecule has 0 aliphatic rings. The Hall–Kier alpha value is -3.14. The summed E-state index contributed by atoms with van der Waals surface area (Å²) in [5, 5.41) is 12.6. The van der Waals surface area contributed by atoms with Crippen molar-refractivity contribution in [3.05, 3.63) is 34.2 Å². The average molecular weight is 415 g/mol. The van der Waals surface area contributed by atoms with Gasteiger partial charge < -0.3 is 24.5 Å². The van der Waals surface area contributed by atoms with Crippen LogP contribution in [0.25, 0.3) is 10.8 Å². The molecule has 0 spiro atoms. The molecule has 162 valence electrons. The van der Waals surface area contributed by atoms with Crippen LogP contribution in [0, 0.1) is 17.8 Å². The Morgan fingerprint density at radius 3 is 2.60 bits per heavy atom. The van der Waals surface area contributed by atoms with Crippen LogP contribution < -0.4 is 20.3 Å². The summed E-state index contributed by atoms with van der Waals surface area (Å²) in [7, 11) is 0. The number of hydrogen-bond donors (Lipinski definition) is 2. The number of nitrogens with zero attached hydrogens (tertiary/aromatic N) is 1. The largest absolute Gasteiger partial charge is 0.491 e. The van der Waals surface area contributed by atoms with Gasteiger partial charge in [0.1, 0.15) is 18.1 Å². The number of carboxylic acid groups (broad SMARTS) is 1. The lowest BCUT2D eigenvalue weighted by Gasteiger charge is -2.25. The number of rotatable bonds is 9. The van der Waals surface area contributed by atoms with Crippen molar-refractivity contribution in [2.24, 2.45) is 5.41 Å². The Balaban J connectivity index is 2.76. The number of amides is 1. The second-order valence-electron chi connectivity index (χ2n) is 8.29. The molecule has 1 aromatic heterocycles. The average Bonchev–Trinajstić information content (AvgIpc) is 2.67. The van der Waals surface area contributed by atoms with Crippen LogP contribution in [0.15, 0.2) is 23.0 Å². The third-order valence-electron chi connectivity index (χ3n) is 4.41. The zero-order valence-corrected chi connectivity index (χ0v) is 18.1. The molecule has 0 saturated carbocycles. The number of carbonyl (C=O) groups is 1. The number of fused-ring (bicyclic) bond motifs is 1. The van der Waals surface area contributed by atoms with Crippen LogP contribution in [0.5, 0.6) is 11.5 Å². The molecule has 1 amide bonds. The fourth-order valence-corrected chi connectivity index (χ4v) is 3.11. The van der Waals surface area contributed by atoms with Crippen LogP contribution in [-0.2, 0) is 13.1 Å². The number of hydrogen-bond acceptors (Lipinski definition) is 4. The first kappa shape index (κ1) is 23.1. The third kappa shape index (κ3) is 5.93. The van der Waals surface area contributed by atoms with Gasteiger partial charge in [0.05, 0.1) is 24.2 Å². The smallest absolute Gasteiger partial charge is 0.404 e. The molecule has 7 heteroatoms. The second-order valence-corrected chi connectivity index (χ2v) is 8.29. The van der Waals surface area contributed by atoms with E-state index in [0.29, 0.717) is 41.1 Å². The Morgan fingerprint density at radius 2 is 2.00 bits per heavy atom. The van der Waals surface area contributed by atoms with Crippen molar-refractivity contribution in [3.63, 3.8) is 0 Å². The molecule has 2 rings (SSSR count). The molecule has 0 aliphatic heterocycles. The SMILES string of the molecule is C#CCOc1ccc2c(=O)n(CC(C)(C)C)c(CNC(=O)O)c(OCCCC)c2c1. The minimum Gasteiger partial charge on any atom is -0.491 e. The monoisotopic (exact) mass is 414 g/mol. The second kappa shape index (κ2) is 10.1. The van der Waals surface area contributed by atoms with E-state index in [-0.39, 0.29) is 24.1 Å². The summed E-state index contributed by atoms with van der Waals surface area (Å²) < 4.78 is 13.2. The van der Waals surface area contributed by atoms with E-state index in [1.807, 2.05) is 20.8 Å². The first-order valence-electron chi connectivity index (χ1n) is 10.0. The van der Waals surface area contributed by atoms with Crippen molar-refractivity contribution in [3.8, 4) is 23.8 Å². The maximum atomic E-state index is 13.3. The molecule has 0 saturated heterocycles. The highest BCUT2D eigenvalue weighted by atomic mass is 16.5. The van der Waals surface area contributed by atoms with Gasteiger partial charge >= 0.3 is 6.09 Å². The normalized spacial score (nSPS) is 11.2. The highest BCUT2D eigenvalue weighted by molar-refractivity contribution is 5.89. The summed E-state index contributed by atoms with van der Waals surface area (Å²) >= 11 is 0. The van der Waals surface area contributed by atoms with Crippen LogP contribution in [0.2, 0.25) is 0 Å². The molecule has 30 heavy (non-hydrogen) atoms. The van der Waals surface area contributed by atoms with Gasteiger partial charge in [-0.2, -0.15) is 0 Å². The van der Waals surface area contributed by atoms with Crippen LogP contribution in [0.1, 0.15) is 46.2 Å². The number of benzene rings is 1. The molecule has 2 N–H and O–H groups in total. The van der Waals surface area contributed by atoms with Gasteiger partial charge in [0, 0.05) is 11.9 Å². The Morgan fingerprint density at radius 1 is 1.27 bits per heavy atom. The molecule has 2 aromatic rings. The van der Waals surface area contributed by atoms with E-state index in [0.717, 1.165) is 12.8 Å². The molecular formula is C23H30N2O5. The van der Waals surface area contributed by atoms with Gasteiger partial charge in [-0.05, 0) is 30.0 Å². The summed E-state index contributed by atoms with van der Waals surface area (Å²) in [5.41, 5.74) is 0.0925. The fourth-order valence-electron chi connectivity index (χ4n) is 3.11. The summed E-state index contributed by atoms with van der Waals surface area (Å²) in [4.78, 5) is 24.5. The van der Waals surface area contributed by atoms with E-state index in [1.165, 1.54) is 0 Å². The summed E-state index contributed by atoms with van der Waals surface area (Å²) in [6.45, 7) is 9.04. The molecule has 0 radical (unpaired) electrons. The lowest BCUT2D eigenvalue weighted by atomic mass is 9.96. The number of aromatic nitrogens is 1. The van der Waals surface area contributed by atoms with Gasteiger partial charge in [0.25, 0.3) is 5.56 Å². The van der Waals surface area contributed by atoms with Crippen LogP contribution in [-0.4, -0.2) is 29.0 Å². The summed E-state index contributed by atoms with van der Waals surface area (Å²) in [6.07, 6.45) is 5.88. The highest BCUT2D eigenvalue weighted by Crippen LogP contribution is 2.32. The van der Waals surface area contributed by atoms with Gasteiger partial charge in [-0.15, -0.1) is 6.42 Å². The number of nitrogens with one attached hydrogen (secondary N) is 1. The predicted molar refractivity (Wildman–Crippen MR) is 117 cm³/mol. The van der Waals surface area contributed by atoms with Crippen molar-refractivity contribution >= 4 is 16.9 Å². The quantitative estimate of drug-likeness (QED) is 0.478. The van der Waals surface area contributed by atoms with Gasteiger partial charge in [0.15, 0.2) is 0 Å². The zero-order chi connectivity index (χ0) is 22.3. The standard InChI is InChI=1S/C23H30N2O5/c1-6-8-12-30-20-18-13-16(29-11-7-2)9-10-17(18)21(26)25(15-23(3,4)5)19(20)14-24-22(27)28/h2,9-10,13,24H,6,8,11-12,14-15H2,1,3-5H3,(H,27,28). The van der Waals surface area contributed by atoms with Gasteiger partial charge in [0.2, 0.25) is 0 Å². The number of terminal acetylenes is 1. The van der Waals surface area contributed by atoms with E-state index >= 15 is 0 Å². The summed E-state index contributed by atoms with van der Waals surface area (Å²) in [6, 6.07) is 5.12. The first-order chi connectivity index (χ1) is 14.2. The molecule has 0 unspecified atom stereocenters. The third-order valence-corrected chi connectivity index (χ3v) is 4.41. The Labute approximate surface area is 177 Å². The molecule has 0 bridgehead atoms. The van der Waals surface area contributed by atoms with Gasteiger partial charge in [-0.1, -0.05) is 40.0 Å². The molecule has 0 fully saturated rings. The number of ether oxygens (including phenoxy) is 2. The predicted octanol–water partition coefficient (Wildman–Crippen LogP) is 4.01. The molecule has 0 aliphatic carbocycles. The number of pyridine rings is 1. The van der Waals surface area contributed by atoms with E-state index in [4.69, 9.17) is 21.0 Å². The van der Waals surface area contributed by atoms with Crippen LogP contribution in [0.4, 0.5) is 4.79 Å². The van der Waals surface area contributed by atoms with Crippen LogP contribution >= 0.6 is 0 Å². The van der Waals surface area contributed by atoms with E-state index in [2.05, 4.69) is 18.2 Å². The molecule has 7 nitrogen and oxygen atoms in total. The lowest BCUT2D eigenvalue weighted by Crippen LogP contribution is -2.33. The molecule has 0 atom stereocenters. The van der Waals surface area contributed by atoms with Crippen molar-refractivity contribution in [1.29, 1.82) is 0 Å². The van der Waals surface area contributed by atoms with E-state index < -0.39 is 6.09 Å². The van der Waals surface area contributed by atoms with Crippen molar-refractivity contribution in [1.82, 2.24) is 9.88 Å². The topological polar surface area (TPSA) is 89.8 Å². The van der Waals surface area contributed by atoms with Gasteiger partial charge in [-0.3, -0.25) is 4.79 Å². The van der Waals surface area contributed by atoms with E-state index in [1.54, 1.807) is 22.8 Å². The maximum absolute atomic E-state index is 13.3. The van der Waals surface area contributed by atoms with E-state index in [9.17, 15) is 9.59 Å². The maximum Gasteiger partial charge on any atom is 0.404 e. The Bertz CT molecular complexity index is 996. The minimum atomic E-state index is -1.17. The molecule has 1 aromatic carbocycles. The highest BCUT2D eigenvalue weighted by Gasteiger charge is 2.22. The zero-order valence-electron chi connectivity index (χ0n) is 18.1. The van der Waals surface area contributed by atoms with Crippen molar-refractivity contribution in [2.75, 3.05) is 13.2 Å². The molecular weight excluding hydrogens is 384 g/mol. The van der Waals surface area contributed by atoms with Crippen LogP contribution in [0.3, 0.4) is 0 Å². The fraction of sp³-hybridized carbons (Fsp3) is 0.478. The van der Waals surface area contributed by atoms with Crippen molar-refractivity contribution in [2.45, 2.75) is 53.6 Å². The lowest BCUT2D eigenvalue weighted by molar-refractivity contribution is 0.193. The number of unbranched alkanes of at least 4 members (excludes halogenated alkanes) is 1.